The normalized spacial score (nSPS) is 22.5. The minimum Gasteiger partial charge on any atom is -0.493 e. The van der Waals surface area contributed by atoms with Gasteiger partial charge in [-0.2, -0.15) is 0 Å². The number of hydrogen-bond acceptors (Lipinski definition) is 5. The molecular weight excluding hydrogens is 434 g/mol. The van der Waals surface area contributed by atoms with E-state index in [1.165, 1.54) is 67.7 Å². The molecule has 1 saturated heterocycles. The first-order valence-corrected chi connectivity index (χ1v) is 14.7. The van der Waals surface area contributed by atoms with Gasteiger partial charge >= 0.3 is 0 Å². The zero-order chi connectivity index (χ0) is 23.1. The molecule has 0 radical (unpaired) electrons. The summed E-state index contributed by atoms with van der Waals surface area (Å²) >= 11 is 4.60. The molecule has 2 aliphatic rings. The fourth-order valence-electron chi connectivity index (χ4n) is 5.39. The summed E-state index contributed by atoms with van der Waals surface area (Å²) in [6.07, 6.45) is 8.91. The highest BCUT2D eigenvalue weighted by molar-refractivity contribution is 8.18. The van der Waals surface area contributed by atoms with Crippen LogP contribution in [0, 0.1) is 11.8 Å². The Kier molecular flexibility index (Phi) is 10.00. The minimum absolute atomic E-state index is 0.317. The van der Waals surface area contributed by atoms with Crippen LogP contribution in [0.3, 0.4) is 0 Å². The van der Waals surface area contributed by atoms with Crippen LogP contribution < -0.4 is 9.47 Å². The summed E-state index contributed by atoms with van der Waals surface area (Å²) in [5.41, 5.74) is 2.94. The lowest BCUT2D eigenvalue weighted by molar-refractivity contribution is 0.0860. The van der Waals surface area contributed by atoms with E-state index in [2.05, 4.69) is 68.3 Å². The van der Waals surface area contributed by atoms with Crippen molar-refractivity contribution in [2.24, 2.45) is 11.8 Å². The van der Waals surface area contributed by atoms with E-state index in [0.29, 0.717) is 10.1 Å². The Morgan fingerprint density at radius 3 is 2.22 bits per heavy atom. The standard InChI is InChI=1S/C27H45NO2S2/c1-7-9-13-31-27(32-14-10-8-2)18-24-23-17-26(30-6)25(29-5)16-21(23)11-12-28(24)19-22(27)15-20(3)4/h16-17,20,22,24H,7-15,18-19H2,1-6H3. The number of methoxy groups -OCH3 is 2. The fourth-order valence-corrected chi connectivity index (χ4v) is 9.15. The first kappa shape index (κ1) is 26.1. The van der Waals surface area contributed by atoms with Gasteiger partial charge < -0.3 is 9.47 Å². The molecule has 2 aliphatic heterocycles. The Bertz CT molecular complexity index is 714. The Balaban J connectivity index is 1.97. The average Bonchev–Trinajstić information content (AvgIpc) is 2.78. The molecule has 1 fully saturated rings. The third-order valence-corrected chi connectivity index (χ3v) is 10.8. The van der Waals surface area contributed by atoms with Gasteiger partial charge in [0.2, 0.25) is 0 Å². The Morgan fingerprint density at radius 2 is 1.66 bits per heavy atom. The smallest absolute Gasteiger partial charge is 0.161 e. The molecule has 0 aromatic heterocycles. The van der Waals surface area contributed by atoms with Crippen molar-refractivity contribution in [2.75, 3.05) is 38.8 Å². The van der Waals surface area contributed by atoms with Crippen LogP contribution in [-0.4, -0.2) is 47.8 Å². The number of unbranched alkanes of at least 4 members (excludes halogenated alkanes) is 2. The molecule has 32 heavy (non-hydrogen) atoms. The number of piperidine rings is 1. The number of nitrogens with zero attached hydrogens (tertiary/aromatic N) is 1. The number of hydrogen-bond donors (Lipinski definition) is 0. The molecule has 0 amide bonds. The highest BCUT2D eigenvalue weighted by Crippen LogP contribution is 2.57. The van der Waals surface area contributed by atoms with E-state index in [-0.39, 0.29) is 0 Å². The van der Waals surface area contributed by atoms with Crippen molar-refractivity contribution in [1.82, 2.24) is 4.90 Å². The number of ether oxygens (including phenoxy) is 2. The summed E-state index contributed by atoms with van der Waals surface area (Å²) < 4.78 is 11.7. The molecule has 182 valence electrons. The van der Waals surface area contributed by atoms with Crippen LogP contribution in [0.4, 0.5) is 0 Å². The number of thioether (sulfide) groups is 2. The molecule has 0 saturated carbocycles. The van der Waals surface area contributed by atoms with Crippen LogP contribution in [0.2, 0.25) is 0 Å². The summed E-state index contributed by atoms with van der Waals surface area (Å²) in [5, 5.41) is 0. The summed E-state index contributed by atoms with van der Waals surface area (Å²) in [4.78, 5) is 2.79. The lowest BCUT2D eigenvalue weighted by atomic mass is 9.80. The second-order valence-corrected chi connectivity index (χ2v) is 13.0. The fraction of sp³-hybridized carbons (Fsp3) is 0.778. The maximum Gasteiger partial charge on any atom is 0.161 e. The van der Waals surface area contributed by atoms with Crippen LogP contribution in [-0.2, 0) is 6.42 Å². The molecule has 0 bridgehead atoms. The van der Waals surface area contributed by atoms with E-state index < -0.39 is 0 Å². The second-order valence-electron chi connectivity index (χ2n) is 9.91. The zero-order valence-electron chi connectivity index (χ0n) is 21.2. The molecule has 2 heterocycles. The molecule has 0 N–H and O–H groups in total. The van der Waals surface area contributed by atoms with Crippen LogP contribution in [0.1, 0.15) is 83.4 Å². The third-order valence-electron chi connectivity index (χ3n) is 7.11. The minimum atomic E-state index is 0.317. The van der Waals surface area contributed by atoms with Crippen LogP contribution in [0.5, 0.6) is 11.5 Å². The molecule has 2 atom stereocenters. The van der Waals surface area contributed by atoms with Gasteiger partial charge in [-0.3, -0.25) is 4.90 Å². The number of fused-ring (bicyclic) bond motifs is 3. The van der Waals surface area contributed by atoms with Gasteiger partial charge in [-0.25, -0.2) is 0 Å². The van der Waals surface area contributed by atoms with Gasteiger partial charge in [0, 0.05) is 19.1 Å². The topological polar surface area (TPSA) is 21.7 Å². The van der Waals surface area contributed by atoms with Crippen molar-refractivity contribution in [1.29, 1.82) is 0 Å². The van der Waals surface area contributed by atoms with E-state index in [1.54, 1.807) is 14.2 Å². The van der Waals surface area contributed by atoms with Crippen molar-refractivity contribution in [3.8, 4) is 11.5 Å². The first-order valence-electron chi connectivity index (χ1n) is 12.7. The second kappa shape index (κ2) is 12.3. The van der Waals surface area contributed by atoms with E-state index >= 15 is 0 Å². The molecular formula is C27H45NO2S2. The molecule has 2 unspecified atom stereocenters. The molecule has 1 aromatic carbocycles. The highest BCUT2D eigenvalue weighted by Gasteiger charge is 2.49. The van der Waals surface area contributed by atoms with Crippen molar-refractivity contribution in [3.05, 3.63) is 23.3 Å². The Morgan fingerprint density at radius 1 is 1.03 bits per heavy atom. The molecule has 3 nitrogen and oxygen atoms in total. The maximum absolute atomic E-state index is 5.71. The maximum atomic E-state index is 5.71. The predicted octanol–water partition coefficient (Wildman–Crippen LogP) is 7.43. The highest BCUT2D eigenvalue weighted by atomic mass is 32.2. The predicted molar refractivity (Wildman–Crippen MR) is 143 cm³/mol. The summed E-state index contributed by atoms with van der Waals surface area (Å²) in [5.74, 6) is 5.82. The van der Waals surface area contributed by atoms with Crippen molar-refractivity contribution < 1.29 is 9.47 Å². The van der Waals surface area contributed by atoms with Gasteiger partial charge in [-0.15, -0.1) is 23.5 Å². The lowest BCUT2D eigenvalue weighted by Gasteiger charge is -2.53. The molecule has 3 rings (SSSR count). The van der Waals surface area contributed by atoms with E-state index in [4.69, 9.17) is 9.47 Å². The van der Waals surface area contributed by atoms with Gasteiger partial charge in [-0.1, -0.05) is 40.5 Å². The van der Waals surface area contributed by atoms with Gasteiger partial charge in [-0.05, 0) is 78.7 Å². The molecule has 5 heteroatoms. The van der Waals surface area contributed by atoms with Crippen LogP contribution in [0.15, 0.2) is 12.1 Å². The van der Waals surface area contributed by atoms with Crippen molar-refractivity contribution in [3.63, 3.8) is 0 Å². The molecule has 1 aromatic rings. The van der Waals surface area contributed by atoms with E-state index in [9.17, 15) is 0 Å². The van der Waals surface area contributed by atoms with Gasteiger partial charge in [0.05, 0.1) is 18.3 Å². The van der Waals surface area contributed by atoms with Crippen molar-refractivity contribution >= 4 is 23.5 Å². The Hall–Kier alpha value is -0.520. The number of benzene rings is 1. The average molecular weight is 480 g/mol. The molecule has 0 spiro atoms. The summed E-state index contributed by atoms with van der Waals surface area (Å²) in [6, 6.07) is 5.01. The zero-order valence-corrected chi connectivity index (χ0v) is 22.9. The van der Waals surface area contributed by atoms with Crippen LogP contribution in [0.25, 0.3) is 0 Å². The largest absolute Gasteiger partial charge is 0.493 e. The number of rotatable bonds is 12. The summed E-state index contributed by atoms with van der Waals surface area (Å²) in [6.45, 7) is 11.9. The SMILES string of the molecule is CCCCSC1(SCCCC)CC2c3cc(OC)c(OC)cc3CCN2CC1CC(C)C. The van der Waals surface area contributed by atoms with Gasteiger partial charge in [0.1, 0.15) is 0 Å². The van der Waals surface area contributed by atoms with Crippen LogP contribution >= 0.6 is 23.5 Å². The van der Waals surface area contributed by atoms with E-state index in [1.807, 2.05) is 0 Å². The van der Waals surface area contributed by atoms with Crippen molar-refractivity contribution in [2.45, 2.75) is 82.8 Å². The Labute approximate surface area is 205 Å². The van der Waals surface area contributed by atoms with Gasteiger partial charge in [0.25, 0.3) is 0 Å². The quantitative estimate of drug-likeness (QED) is 0.229. The molecule has 0 aliphatic carbocycles. The van der Waals surface area contributed by atoms with Gasteiger partial charge in [0.15, 0.2) is 11.5 Å². The lowest BCUT2D eigenvalue weighted by Crippen LogP contribution is -2.52. The summed E-state index contributed by atoms with van der Waals surface area (Å²) in [7, 11) is 3.51. The van der Waals surface area contributed by atoms with E-state index in [0.717, 1.165) is 36.3 Å². The monoisotopic (exact) mass is 479 g/mol. The first-order chi connectivity index (χ1) is 15.5. The third kappa shape index (κ3) is 5.93.